The average molecular weight is 288 g/mol. The largest absolute Gasteiger partial charge is 0.314 e. The van der Waals surface area contributed by atoms with Crippen LogP contribution in [0, 0.1) is 11.8 Å². The summed E-state index contributed by atoms with van der Waals surface area (Å²) in [6.45, 7) is 6.59. The molecular weight excluding hydrogens is 260 g/mol. The third kappa shape index (κ3) is 5.04. The van der Waals surface area contributed by atoms with Crippen LogP contribution in [0.2, 0.25) is 0 Å². The van der Waals surface area contributed by atoms with Crippen LogP contribution in [-0.2, 0) is 10.0 Å². The number of hydrogen-bond donors (Lipinski definition) is 1. The molecule has 19 heavy (non-hydrogen) atoms. The van der Waals surface area contributed by atoms with Crippen molar-refractivity contribution >= 4 is 10.0 Å². The first-order chi connectivity index (χ1) is 8.97. The van der Waals surface area contributed by atoms with Gasteiger partial charge in [-0.25, -0.2) is 12.7 Å². The molecule has 2 rings (SSSR count). The maximum Gasteiger partial charge on any atom is 0.214 e. The van der Waals surface area contributed by atoms with E-state index in [2.05, 4.69) is 19.2 Å². The van der Waals surface area contributed by atoms with E-state index >= 15 is 0 Å². The van der Waals surface area contributed by atoms with Crippen LogP contribution in [0.15, 0.2) is 0 Å². The summed E-state index contributed by atoms with van der Waals surface area (Å²) in [7, 11) is -3.03. The summed E-state index contributed by atoms with van der Waals surface area (Å²) >= 11 is 0. The summed E-state index contributed by atoms with van der Waals surface area (Å²) in [6, 6.07) is 0.716. The molecule has 1 atom stereocenters. The Morgan fingerprint density at radius 2 is 2.00 bits per heavy atom. The van der Waals surface area contributed by atoms with Gasteiger partial charge in [-0.3, -0.25) is 0 Å². The predicted octanol–water partition coefficient (Wildman–Crippen LogP) is 1.83. The molecule has 1 aliphatic carbocycles. The molecule has 5 heteroatoms. The molecule has 1 heterocycles. The van der Waals surface area contributed by atoms with Crippen molar-refractivity contribution in [1.29, 1.82) is 0 Å². The summed E-state index contributed by atoms with van der Waals surface area (Å²) in [6.07, 6.45) is 5.53. The van der Waals surface area contributed by atoms with Crippen molar-refractivity contribution < 1.29 is 8.42 Å². The van der Waals surface area contributed by atoms with Crippen LogP contribution < -0.4 is 5.32 Å². The quantitative estimate of drug-likeness (QED) is 0.777. The second-order valence-corrected chi connectivity index (χ2v) is 8.64. The summed E-state index contributed by atoms with van der Waals surface area (Å²) in [4.78, 5) is 0. The number of nitrogens with one attached hydrogen (secondary N) is 1. The molecule has 4 nitrogen and oxygen atoms in total. The number of nitrogens with zero attached hydrogens (tertiary/aromatic N) is 1. The van der Waals surface area contributed by atoms with Crippen molar-refractivity contribution in [2.24, 2.45) is 11.8 Å². The second-order valence-electron chi connectivity index (χ2n) is 6.55. The molecule has 112 valence electrons. The monoisotopic (exact) mass is 288 g/mol. The van der Waals surface area contributed by atoms with Gasteiger partial charge >= 0.3 is 0 Å². The van der Waals surface area contributed by atoms with Crippen LogP contribution in [0.5, 0.6) is 0 Å². The van der Waals surface area contributed by atoms with E-state index in [1.54, 1.807) is 4.31 Å². The number of rotatable bonds is 7. The summed E-state index contributed by atoms with van der Waals surface area (Å²) in [5, 5.41) is 3.53. The SMILES string of the molecule is CC(C)CCS(=O)(=O)N1CCCC(CNC2CC2)C1. The molecule has 0 spiro atoms. The first kappa shape index (κ1) is 15.3. The minimum absolute atomic E-state index is 0.313. The predicted molar refractivity (Wildman–Crippen MR) is 78.6 cm³/mol. The molecule has 0 amide bonds. The van der Waals surface area contributed by atoms with E-state index in [1.165, 1.54) is 12.8 Å². The topological polar surface area (TPSA) is 49.4 Å². The van der Waals surface area contributed by atoms with Gasteiger partial charge in [0, 0.05) is 19.1 Å². The average Bonchev–Trinajstić information content (AvgIpc) is 3.18. The minimum Gasteiger partial charge on any atom is -0.314 e. The summed E-state index contributed by atoms with van der Waals surface area (Å²) in [5.74, 6) is 1.27. The molecule has 1 unspecified atom stereocenters. The molecule has 2 aliphatic rings. The van der Waals surface area contributed by atoms with Crippen LogP contribution in [-0.4, -0.2) is 44.2 Å². The first-order valence-electron chi connectivity index (χ1n) is 7.68. The van der Waals surface area contributed by atoms with Gasteiger partial charge in [0.15, 0.2) is 0 Å². The van der Waals surface area contributed by atoms with Gasteiger partial charge in [-0.15, -0.1) is 0 Å². The molecule has 0 bridgehead atoms. The van der Waals surface area contributed by atoms with Crippen molar-refractivity contribution in [3.63, 3.8) is 0 Å². The third-order valence-electron chi connectivity index (χ3n) is 4.10. The lowest BCUT2D eigenvalue weighted by Gasteiger charge is -2.32. The molecule has 1 saturated carbocycles. The number of sulfonamides is 1. The maximum atomic E-state index is 12.3. The molecule has 1 aliphatic heterocycles. The fraction of sp³-hybridized carbons (Fsp3) is 1.00. The van der Waals surface area contributed by atoms with Crippen LogP contribution in [0.3, 0.4) is 0 Å². The van der Waals surface area contributed by atoms with E-state index < -0.39 is 10.0 Å². The Balaban J connectivity index is 1.80. The minimum atomic E-state index is -3.03. The highest BCUT2D eigenvalue weighted by atomic mass is 32.2. The van der Waals surface area contributed by atoms with Crippen molar-refractivity contribution in [2.45, 2.75) is 52.0 Å². The maximum absolute atomic E-state index is 12.3. The second kappa shape index (κ2) is 6.55. The van der Waals surface area contributed by atoms with Gasteiger partial charge in [-0.2, -0.15) is 0 Å². The molecule has 1 N–H and O–H groups in total. The fourth-order valence-corrected chi connectivity index (χ4v) is 4.45. The zero-order valence-electron chi connectivity index (χ0n) is 12.3. The Morgan fingerprint density at radius 3 is 2.63 bits per heavy atom. The molecule has 1 saturated heterocycles. The number of hydrogen-bond acceptors (Lipinski definition) is 3. The fourth-order valence-electron chi connectivity index (χ4n) is 2.58. The van der Waals surface area contributed by atoms with E-state index in [1.807, 2.05) is 0 Å². The van der Waals surface area contributed by atoms with Crippen molar-refractivity contribution in [3.05, 3.63) is 0 Å². The highest BCUT2D eigenvalue weighted by Gasteiger charge is 2.30. The normalized spacial score (nSPS) is 25.9. The molecule has 0 radical (unpaired) electrons. The van der Waals surface area contributed by atoms with Gasteiger partial charge in [0.1, 0.15) is 0 Å². The lowest BCUT2D eigenvalue weighted by atomic mass is 10.00. The first-order valence-corrected chi connectivity index (χ1v) is 9.29. The smallest absolute Gasteiger partial charge is 0.214 e. The number of piperidine rings is 1. The van der Waals surface area contributed by atoms with E-state index in [9.17, 15) is 8.42 Å². The van der Waals surface area contributed by atoms with E-state index in [-0.39, 0.29) is 0 Å². The van der Waals surface area contributed by atoms with Gasteiger partial charge in [-0.05, 0) is 50.5 Å². The molecule has 0 aromatic carbocycles. The Hall–Kier alpha value is -0.130. The summed E-state index contributed by atoms with van der Waals surface area (Å²) in [5.41, 5.74) is 0. The highest BCUT2D eigenvalue weighted by molar-refractivity contribution is 7.89. The Kier molecular flexibility index (Phi) is 5.26. The van der Waals surface area contributed by atoms with E-state index in [4.69, 9.17) is 0 Å². The van der Waals surface area contributed by atoms with Crippen LogP contribution >= 0.6 is 0 Å². The third-order valence-corrected chi connectivity index (χ3v) is 5.97. The summed E-state index contributed by atoms with van der Waals surface area (Å²) < 4.78 is 26.3. The van der Waals surface area contributed by atoms with Gasteiger partial charge in [0.25, 0.3) is 0 Å². The van der Waals surface area contributed by atoms with Crippen molar-refractivity contribution in [3.8, 4) is 0 Å². The molecular formula is C14H28N2O2S. The van der Waals surface area contributed by atoms with Gasteiger partial charge in [0.05, 0.1) is 5.75 Å². The Labute approximate surface area is 118 Å². The Bertz CT molecular complexity index is 377. The van der Waals surface area contributed by atoms with Crippen molar-refractivity contribution in [2.75, 3.05) is 25.4 Å². The van der Waals surface area contributed by atoms with Gasteiger partial charge in [0.2, 0.25) is 10.0 Å². The van der Waals surface area contributed by atoms with Gasteiger partial charge in [-0.1, -0.05) is 13.8 Å². The van der Waals surface area contributed by atoms with Crippen LogP contribution in [0.4, 0.5) is 0 Å². The lowest BCUT2D eigenvalue weighted by Crippen LogP contribution is -2.44. The lowest BCUT2D eigenvalue weighted by molar-refractivity contribution is 0.259. The van der Waals surface area contributed by atoms with E-state index in [0.717, 1.165) is 38.9 Å². The molecule has 0 aromatic heterocycles. The molecule has 0 aromatic rings. The Morgan fingerprint density at radius 1 is 1.26 bits per heavy atom. The zero-order valence-corrected chi connectivity index (χ0v) is 13.1. The highest BCUT2D eigenvalue weighted by Crippen LogP contribution is 2.23. The van der Waals surface area contributed by atoms with Crippen LogP contribution in [0.25, 0.3) is 0 Å². The zero-order chi connectivity index (χ0) is 13.9. The standard InChI is InChI=1S/C14H28N2O2S/c1-12(2)7-9-19(17,18)16-8-3-4-13(11-16)10-15-14-5-6-14/h12-15H,3-11H2,1-2H3. The van der Waals surface area contributed by atoms with Gasteiger partial charge < -0.3 is 5.32 Å². The van der Waals surface area contributed by atoms with Crippen LogP contribution in [0.1, 0.15) is 46.0 Å². The molecule has 2 fully saturated rings. The van der Waals surface area contributed by atoms with Crippen molar-refractivity contribution in [1.82, 2.24) is 9.62 Å². The van der Waals surface area contributed by atoms with E-state index in [0.29, 0.717) is 23.6 Å².